The van der Waals surface area contributed by atoms with Crippen LogP contribution < -0.4 is 0 Å². The Balaban J connectivity index is -0.0000000600. The van der Waals surface area contributed by atoms with E-state index in [9.17, 15) is 4.79 Å². The maximum Gasteiger partial charge on any atom is 0.155 e. The fraction of sp³-hybridized carbons (Fsp3) is 0.286. The summed E-state index contributed by atoms with van der Waals surface area (Å²) in [4.78, 5) is 10.0. The SMILES string of the molecule is CC(=O)/C=C(\C)O.[Au].[CH3-].[CH3-]. The number of aliphatic hydroxyl groups excluding tert-OH is 1. The van der Waals surface area contributed by atoms with E-state index < -0.39 is 0 Å². The third-order valence-electron chi connectivity index (χ3n) is 0.412. The van der Waals surface area contributed by atoms with Crippen LogP contribution in [-0.2, 0) is 27.2 Å². The van der Waals surface area contributed by atoms with Crippen molar-refractivity contribution in [3.63, 3.8) is 0 Å². The summed E-state index contributed by atoms with van der Waals surface area (Å²) in [7, 11) is 0. The standard InChI is InChI=1S/C5H8O2.2CH3.Au/c1-4(6)3-5(2)7;;;/h3,6H,1-2H3;2*1H3;/q;2*-1;/b4-3+;;;. The third kappa shape index (κ3) is 24.6. The molecular formula is C7H14AuO2-2. The molecule has 0 spiro atoms. The summed E-state index contributed by atoms with van der Waals surface area (Å²) in [6.07, 6.45) is 1.17. The van der Waals surface area contributed by atoms with Crippen molar-refractivity contribution in [2.24, 2.45) is 0 Å². The minimum absolute atomic E-state index is 0. The smallest absolute Gasteiger partial charge is 0.155 e. The molecular weight excluding hydrogens is 313 g/mol. The van der Waals surface area contributed by atoms with Crippen LogP contribution in [0.5, 0.6) is 0 Å². The maximum atomic E-state index is 10.0. The van der Waals surface area contributed by atoms with E-state index in [4.69, 9.17) is 5.11 Å². The largest absolute Gasteiger partial charge is 0.512 e. The van der Waals surface area contributed by atoms with Gasteiger partial charge in [-0.15, -0.1) is 0 Å². The summed E-state index contributed by atoms with van der Waals surface area (Å²) in [6.45, 7) is 2.85. The van der Waals surface area contributed by atoms with Gasteiger partial charge in [0.25, 0.3) is 0 Å². The third-order valence-corrected chi connectivity index (χ3v) is 0.412. The summed E-state index contributed by atoms with van der Waals surface area (Å²) in [5.74, 6) is -0.0625. The molecule has 0 aliphatic carbocycles. The number of allylic oxidation sites excluding steroid dienone is 2. The van der Waals surface area contributed by atoms with Crippen molar-refractivity contribution >= 4 is 5.78 Å². The van der Waals surface area contributed by atoms with Crippen molar-refractivity contribution in [2.75, 3.05) is 0 Å². The van der Waals surface area contributed by atoms with Gasteiger partial charge >= 0.3 is 0 Å². The van der Waals surface area contributed by atoms with Crippen LogP contribution in [0.25, 0.3) is 0 Å². The van der Waals surface area contributed by atoms with Gasteiger partial charge in [-0.25, -0.2) is 0 Å². The van der Waals surface area contributed by atoms with Gasteiger partial charge < -0.3 is 20.0 Å². The van der Waals surface area contributed by atoms with Crippen molar-refractivity contribution in [2.45, 2.75) is 13.8 Å². The molecule has 1 N–H and O–H groups in total. The van der Waals surface area contributed by atoms with Crippen LogP contribution in [0.3, 0.4) is 0 Å². The molecule has 0 fully saturated rings. The molecule has 0 rings (SSSR count). The molecule has 0 aromatic heterocycles. The molecule has 10 heavy (non-hydrogen) atoms. The molecule has 0 unspecified atom stereocenters. The molecule has 0 saturated heterocycles. The molecule has 1 radical (unpaired) electrons. The molecule has 0 aliphatic rings. The second kappa shape index (κ2) is 11.7. The Kier molecular flexibility index (Phi) is 26.4. The van der Waals surface area contributed by atoms with E-state index in [0.717, 1.165) is 0 Å². The average Bonchev–Trinajstić information content (AvgIpc) is 1.27. The van der Waals surface area contributed by atoms with Crippen molar-refractivity contribution in [1.29, 1.82) is 0 Å². The Morgan fingerprint density at radius 2 is 1.60 bits per heavy atom. The first-order chi connectivity index (χ1) is 3.13. The van der Waals surface area contributed by atoms with Crippen LogP contribution in [0.4, 0.5) is 0 Å². The van der Waals surface area contributed by atoms with Crippen LogP contribution in [0.1, 0.15) is 13.8 Å². The zero-order valence-corrected chi connectivity index (χ0v) is 8.90. The Morgan fingerprint density at radius 1 is 1.30 bits per heavy atom. The fourth-order valence-electron chi connectivity index (χ4n) is 0.294. The molecule has 0 amide bonds. The summed E-state index contributed by atoms with van der Waals surface area (Å²) in [6, 6.07) is 0. The Hall–Kier alpha value is -0.0497. The number of hydrogen-bond donors (Lipinski definition) is 1. The normalized spacial score (nSPS) is 8.00. The quantitative estimate of drug-likeness (QED) is 0.346. The number of rotatable bonds is 1. The van der Waals surface area contributed by atoms with E-state index in [1.165, 1.54) is 19.9 Å². The number of hydrogen-bond acceptors (Lipinski definition) is 2. The molecule has 3 heteroatoms. The second-order valence-corrected chi connectivity index (χ2v) is 1.40. The summed E-state index contributed by atoms with van der Waals surface area (Å²) in [5, 5.41) is 8.36. The van der Waals surface area contributed by atoms with Gasteiger partial charge in [-0.1, -0.05) is 0 Å². The van der Waals surface area contributed by atoms with E-state index in [-0.39, 0.29) is 48.8 Å². The van der Waals surface area contributed by atoms with E-state index >= 15 is 0 Å². The molecule has 0 bridgehead atoms. The van der Waals surface area contributed by atoms with Crippen LogP contribution in [0.2, 0.25) is 0 Å². The molecule has 0 aliphatic heterocycles. The maximum absolute atomic E-state index is 10.0. The zero-order chi connectivity index (χ0) is 5.86. The van der Waals surface area contributed by atoms with Gasteiger partial charge in [0.05, 0.1) is 5.76 Å². The molecule has 0 saturated carbocycles. The van der Waals surface area contributed by atoms with Crippen LogP contribution in [-0.4, -0.2) is 10.9 Å². The van der Waals surface area contributed by atoms with Gasteiger partial charge in [0.1, 0.15) is 0 Å². The molecule has 2 nitrogen and oxygen atoms in total. The van der Waals surface area contributed by atoms with Crippen LogP contribution in [0.15, 0.2) is 11.8 Å². The Bertz CT molecular complexity index is 104. The molecule has 67 valence electrons. The van der Waals surface area contributed by atoms with Crippen molar-refractivity contribution in [3.8, 4) is 0 Å². The first-order valence-corrected chi connectivity index (χ1v) is 2.01. The monoisotopic (exact) mass is 327 g/mol. The summed E-state index contributed by atoms with van der Waals surface area (Å²) >= 11 is 0. The van der Waals surface area contributed by atoms with Gasteiger partial charge in [-0.2, -0.15) is 0 Å². The number of carbonyl (C=O) groups is 1. The van der Waals surface area contributed by atoms with E-state index in [2.05, 4.69) is 0 Å². The fourth-order valence-corrected chi connectivity index (χ4v) is 0.294. The first-order valence-electron chi connectivity index (χ1n) is 2.01. The molecule has 0 aromatic rings. The van der Waals surface area contributed by atoms with Gasteiger partial charge in [-0.05, 0) is 13.8 Å². The van der Waals surface area contributed by atoms with Gasteiger partial charge in [0.15, 0.2) is 5.78 Å². The Morgan fingerprint density at radius 3 is 1.60 bits per heavy atom. The first kappa shape index (κ1) is 22.5. The van der Waals surface area contributed by atoms with E-state index in [0.29, 0.717) is 0 Å². The average molecular weight is 327 g/mol. The van der Waals surface area contributed by atoms with Gasteiger partial charge in [-0.3, -0.25) is 4.79 Å². The second-order valence-electron chi connectivity index (χ2n) is 1.40. The molecule has 0 heterocycles. The van der Waals surface area contributed by atoms with Crippen molar-refractivity contribution < 1.29 is 32.3 Å². The van der Waals surface area contributed by atoms with Gasteiger partial charge in [0, 0.05) is 28.5 Å². The summed E-state index contributed by atoms with van der Waals surface area (Å²) < 4.78 is 0. The minimum Gasteiger partial charge on any atom is -0.512 e. The van der Waals surface area contributed by atoms with Crippen LogP contribution in [0, 0.1) is 14.9 Å². The topological polar surface area (TPSA) is 37.3 Å². The van der Waals surface area contributed by atoms with Crippen molar-refractivity contribution in [3.05, 3.63) is 26.7 Å². The predicted molar refractivity (Wildman–Crippen MR) is 39.9 cm³/mol. The number of carbonyl (C=O) groups excluding carboxylic acids is 1. The van der Waals surface area contributed by atoms with Crippen LogP contribution >= 0.6 is 0 Å². The molecule has 0 aromatic carbocycles. The van der Waals surface area contributed by atoms with E-state index in [1.54, 1.807) is 0 Å². The Labute approximate surface area is 78.8 Å². The minimum atomic E-state index is -0.125. The summed E-state index contributed by atoms with van der Waals surface area (Å²) in [5.41, 5.74) is 0. The zero-order valence-electron chi connectivity index (χ0n) is 6.73. The predicted octanol–water partition coefficient (Wildman–Crippen LogP) is 1.94. The molecule has 0 atom stereocenters. The van der Waals surface area contributed by atoms with Crippen molar-refractivity contribution in [1.82, 2.24) is 0 Å². The number of ketones is 1. The van der Waals surface area contributed by atoms with E-state index in [1.807, 2.05) is 0 Å². The van der Waals surface area contributed by atoms with Gasteiger partial charge in [0.2, 0.25) is 0 Å². The number of aliphatic hydroxyl groups is 1.